The lowest BCUT2D eigenvalue weighted by atomic mass is 10.0. The number of carbonyl (C=O) groups is 1. The topological polar surface area (TPSA) is 51.5 Å². The van der Waals surface area contributed by atoms with Crippen molar-refractivity contribution in [3.63, 3.8) is 0 Å². The number of fused-ring (bicyclic) bond motifs is 1. The second-order valence-corrected chi connectivity index (χ2v) is 5.70. The summed E-state index contributed by atoms with van der Waals surface area (Å²) in [5, 5.41) is 0.823. The number of methoxy groups -OCH3 is 1. The Morgan fingerprint density at radius 3 is 2.59 bits per heavy atom. The first-order valence-corrected chi connectivity index (χ1v) is 7.52. The number of likely N-dealkylation sites (tertiary alicyclic amines) is 1. The van der Waals surface area contributed by atoms with Crippen molar-refractivity contribution in [2.45, 2.75) is 18.9 Å². The minimum absolute atomic E-state index is 0.0662. The Labute approximate surface area is 129 Å². The fourth-order valence-electron chi connectivity index (χ4n) is 3.05. The summed E-state index contributed by atoms with van der Waals surface area (Å²) >= 11 is 0. The number of hydrogen-bond donors (Lipinski definition) is 0. The standard InChI is InChI=1S/C17H20N2O3/c1-18-15-6-4-3-5-13(15)14(11-16(18)20)17(21)19-9-7-12(22-2)8-10-19/h3-6,11-12H,7-10H2,1-2H3. The molecule has 5 heteroatoms. The van der Waals surface area contributed by atoms with E-state index in [1.54, 1.807) is 18.7 Å². The number of hydrogen-bond acceptors (Lipinski definition) is 3. The van der Waals surface area contributed by atoms with Crippen LogP contribution < -0.4 is 5.56 Å². The molecular weight excluding hydrogens is 280 g/mol. The molecule has 5 nitrogen and oxygen atoms in total. The lowest BCUT2D eigenvalue weighted by molar-refractivity contribution is 0.0351. The average Bonchev–Trinajstić information content (AvgIpc) is 2.57. The molecule has 1 fully saturated rings. The van der Waals surface area contributed by atoms with E-state index in [0.717, 1.165) is 23.7 Å². The molecule has 0 spiro atoms. The van der Waals surface area contributed by atoms with Gasteiger partial charge in [0.05, 0.1) is 17.2 Å². The summed E-state index contributed by atoms with van der Waals surface area (Å²) in [5.74, 6) is -0.0662. The lowest BCUT2D eigenvalue weighted by Crippen LogP contribution is -2.41. The van der Waals surface area contributed by atoms with E-state index in [1.165, 1.54) is 6.07 Å². The van der Waals surface area contributed by atoms with Gasteiger partial charge in [-0.15, -0.1) is 0 Å². The van der Waals surface area contributed by atoms with Crippen LogP contribution in [0.25, 0.3) is 10.9 Å². The number of piperidine rings is 1. The number of aromatic nitrogens is 1. The van der Waals surface area contributed by atoms with Gasteiger partial charge in [-0.3, -0.25) is 9.59 Å². The van der Waals surface area contributed by atoms with Gasteiger partial charge in [-0.1, -0.05) is 18.2 Å². The van der Waals surface area contributed by atoms with Gasteiger partial charge < -0.3 is 14.2 Å². The Morgan fingerprint density at radius 2 is 1.91 bits per heavy atom. The number of rotatable bonds is 2. The predicted octanol–water partition coefficient (Wildman–Crippen LogP) is 1.79. The number of pyridine rings is 1. The number of ether oxygens (including phenoxy) is 1. The zero-order valence-electron chi connectivity index (χ0n) is 12.9. The maximum absolute atomic E-state index is 12.8. The smallest absolute Gasteiger partial charge is 0.254 e. The maximum atomic E-state index is 12.8. The predicted molar refractivity (Wildman–Crippen MR) is 85.1 cm³/mol. The van der Waals surface area contributed by atoms with Crippen LogP contribution in [0.1, 0.15) is 23.2 Å². The number of para-hydroxylation sites is 1. The fourth-order valence-corrected chi connectivity index (χ4v) is 3.05. The van der Waals surface area contributed by atoms with Gasteiger partial charge in [0.1, 0.15) is 0 Å². The Bertz CT molecular complexity index is 758. The lowest BCUT2D eigenvalue weighted by Gasteiger charge is -2.31. The molecule has 0 atom stereocenters. The third-order valence-electron chi connectivity index (χ3n) is 4.45. The maximum Gasteiger partial charge on any atom is 0.254 e. The number of carbonyl (C=O) groups excluding carboxylic acids is 1. The molecule has 0 bridgehead atoms. The first-order valence-electron chi connectivity index (χ1n) is 7.52. The van der Waals surface area contributed by atoms with Gasteiger partial charge in [-0.05, 0) is 18.9 Å². The summed E-state index contributed by atoms with van der Waals surface area (Å²) in [6.07, 6.45) is 1.90. The van der Waals surface area contributed by atoms with Crippen molar-refractivity contribution in [3.05, 3.63) is 46.2 Å². The van der Waals surface area contributed by atoms with Gasteiger partial charge >= 0.3 is 0 Å². The molecule has 1 aliphatic rings. The molecule has 0 radical (unpaired) electrons. The molecule has 0 saturated carbocycles. The Kier molecular flexibility index (Phi) is 3.98. The van der Waals surface area contributed by atoms with Gasteiger partial charge in [0.2, 0.25) is 0 Å². The van der Waals surface area contributed by atoms with Crippen molar-refractivity contribution >= 4 is 16.8 Å². The van der Waals surface area contributed by atoms with Crippen molar-refractivity contribution in [1.82, 2.24) is 9.47 Å². The first kappa shape index (κ1) is 14.8. The van der Waals surface area contributed by atoms with Crippen LogP contribution in [0.15, 0.2) is 35.1 Å². The molecule has 1 aromatic heterocycles. The molecule has 116 valence electrons. The van der Waals surface area contributed by atoms with Crippen LogP contribution in [0.4, 0.5) is 0 Å². The van der Waals surface area contributed by atoms with Crippen LogP contribution in [0, 0.1) is 0 Å². The summed E-state index contributed by atoms with van der Waals surface area (Å²) < 4.78 is 6.91. The summed E-state index contributed by atoms with van der Waals surface area (Å²) in [5.41, 5.74) is 1.12. The van der Waals surface area contributed by atoms with E-state index in [1.807, 2.05) is 29.2 Å². The van der Waals surface area contributed by atoms with E-state index in [0.29, 0.717) is 18.7 Å². The summed E-state index contributed by atoms with van der Waals surface area (Å²) in [6, 6.07) is 8.97. The van der Waals surface area contributed by atoms with Gasteiger partial charge in [-0.2, -0.15) is 0 Å². The Morgan fingerprint density at radius 1 is 1.23 bits per heavy atom. The van der Waals surface area contributed by atoms with Crippen molar-refractivity contribution < 1.29 is 9.53 Å². The average molecular weight is 300 g/mol. The molecular formula is C17H20N2O3. The minimum Gasteiger partial charge on any atom is -0.381 e. The zero-order valence-corrected chi connectivity index (χ0v) is 12.9. The fraction of sp³-hybridized carbons (Fsp3) is 0.412. The highest BCUT2D eigenvalue weighted by Crippen LogP contribution is 2.20. The quantitative estimate of drug-likeness (QED) is 0.849. The summed E-state index contributed by atoms with van der Waals surface area (Å²) in [4.78, 5) is 26.7. The van der Waals surface area contributed by atoms with Crippen molar-refractivity contribution in [2.24, 2.45) is 7.05 Å². The molecule has 1 amide bonds. The first-order chi connectivity index (χ1) is 10.6. The van der Waals surface area contributed by atoms with E-state index >= 15 is 0 Å². The van der Waals surface area contributed by atoms with Crippen LogP contribution >= 0.6 is 0 Å². The van der Waals surface area contributed by atoms with Crippen LogP contribution in [0.5, 0.6) is 0 Å². The van der Waals surface area contributed by atoms with E-state index in [-0.39, 0.29) is 17.6 Å². The second-order valence-electron chi connectivity index (χ2n) is 5.70. The third kappa shape index (κ3) is 2.52. The molecule has 0 aliphatic carbocycles. The highest BCUT2D eigenvalue weighted by Gasteiger charge is 2.25. The number of amides is 1. The van der Waals surface area contributed by atoms with E-state index in [2.05, 4.69) is 0 Å². The van der Waals surface area contributed by atoms with Gasteiger partial charge in [0.25, 0.3) is 11.5 Å². The van der Waals surface area contributed by atoms with Crippen LogP contribution in [0.2, 0.25) is 0 Å². The Balaban J connectivity index is 1.98. The molecule has 3 rings (SSSR count). The highest BCUT2D eigenvalue weighted by molar-refractivity contribution is 6.06. The molecule has 2 heterocycles. The number of nitrogens with zero attached hydrogens (tertiary/aromatic N) is 2. The van der Waals surface area contributed by atoms with Gasteiger partial charge in [0.15, 0.2) is 0 Å². The monoisotopic (exact) mass is 300 g/mol. The molecule has 1 aromatic carbocycles. The summed E-state index contributed by atoms with van der Waals surface area (Å²) in [6.45, 7) is 1.34. The van der Waals surface area contributed by atoms with Gasteiger partial charge in [0, 0.05) is 38.7 Å². The molecule has 1 saturated heterocycles. The third-order valence-corrected chi connectivity index (χ3v) is 4.45. The van der Waals surface area contributed by atoms with E-state index < -0.39 is 0 Å². The number of aryl methyl sites for hydroxylation is 1. The largest absolute Gasteiger partial charge is 0.381 e. The Hall–Kier alpha value is -2.14. The molecule has 2 aromatic rings. The number of benzene rings is 1. The van der Waals surface area contributed by atoms with Crippen molar-refractivity contribution in [1.29, 1.82) is 0 Å². The van der Waals surface area contributed by atoms with Crippen LogP contribution in [0.3, 0.4) is 0 Å². The zero-order chi connectivity index (χ0) is 15.7. The SMILES string of the molecule is COC1CCN(C(=O)c2cc(=O)n(C)c3ccccc23)CC1. The highest BCUT2D eigenvalue weighted by atomic mass is 16.5. The van der Waals surface area contributed by atoms with Crippen molar-refractivity contribution in [2.75, 3.05) is 20.2 Å². The second kappa shape index (κ2) is 5.93. The van der Waals surface area contributed by atoms with E-state index in [4.69, 9.17) is 4.74 Å². The van der Waals surface area contributed by atoms with Crippen LogP contribution in [-0.4, -0.2) is 41.7 Å². The molecule has 1 aliphatic heterocycles. The molecule has 0 unspecified atom stereocenters. The van der Waals surface area contributed by atoms with Gasteiger partial charge in [-0.25, -0.2) is 0 Å². The molecule has 22 heavy (non-hydrogen) atoms. The van der Waals surface area contributed by atoms with Crippen molar-refractivity contribution in [3.8, 4) is 0 Å². The van der Waals surface area contributed by atoms with E-state index in [9.17, 15) is 9.59 Å². The molecule has 0 N–H and O–H groups in total. The van der Waals surface area contributed by atoms with Crippen LogP contribution in [-0.2, 0) is 11.8 Å². The minimum atomic E-state index is -0.158. The summed E-state index contributed by atoms with van der Waals surface area (Å²) in [7, 11) is 3.43. The normalized spacial score (nSPS) is 16.2.